The van der Waals surface area contributed by atoms with Crippen LogP contribution in [0, 0.1) is 12.3 Å². The van der Waals surface area contributed by atoms with Gasteiger partial charge < -0.3 is 5.32 Å². The van der Waals surface area contributed by atoms with E-state index in [4.69, 9.17) is 0 Å². The molecule has 1 saturated carbocycles. The molecule has 1 aromatic heterocycles. The highest BCUT2D eigenvalue weighted by Gasteiger charge is 2.36. The van der Waals surface area contributed by atoms with E-state index in [-0.39, 0.29) is 0 Å². The van der Waals surface area contributed by atoms with Crippen molar-refractivity contribution in [3.05, 3.63) is 41.6 Å². The lowest BCUT2D eigenvalue weighted by atomic mass is 10.1. The average molecular weight is 240 g/mol. The SMILES string of the molecule is Cc1ccc2cc(CNCC3(C)CC3)ccc2n1. The summed E-state index contributed by atoms with van der Waals surface area (Å²) in [5.74, 6) is 0. The Balaban J connectivity index is 1.70. The first-order valence-electron chi connectivity index (χ1n) is 6.72. The summed E-state index contributed by atoms with van der Waals surface area (Å²) < 4.78 is 0. The van der Waals surface area contributed by atoms with Gasteiger partial charge >= 0.3 is 0 Å². The van der Waals surface area contributed by atoms with Crippen molar-refractivity contribution in [2.45, 2.75) is 33.2 Å². The third-order valence-corrected chi connectivity index (χ3v) is 3.88. The Labute approximate surface area is 108 Å². The Kier molecular flexibility index (Phi) is 2.83. The van der Waals surface area contributed by atoms with Crippen LogP contribution in [-0.4, -0.2) is 11.5 Å². The van der Waals surface area contributed by atoms with Crippen molar-refractivity contribution in [1.82, 2.24) is 10.3 Å². The van der Waals surface area contributed by atoms with Crippen LogP contribution in [0.5, 0.6) is 0 Å². The first-order chi connectivity index (χ1) is 8.65. The first kappa shape index (κ1) is 11.7. The van der Waals surface area contributed by atoms with E-state index in [1.807, 2.05) is 6.92 Å². The van der Waals surface area contributed by atoms with Crippen LogP contribution in [-0.2, 0) is 6.54 Å². The molecule has 0 saturated heterocycles. The van der Waals surface area contributed by atoms with Crippen LogP contribution in [0.15, 0.2) is 30.3 Å². The summed E-state index contributed by atoms with van der Waals surface area (Å²) in [4.78, 5) is 4.53. The summed E-state index contributed by atoms with van der Waals surface area (Å²) in [6.07, 6.45) is 2.75. The second kappa shape index (κ2) is 4.36. The van der Waals surface area contributed by atoms with Crippen LogP contribution < -0.4 is 5.32 Å². The molecule has 0 bridgehead atoms. The summed E-state index contributed by atoms with van der Waals surface area (Å²) in [5.41, 5.74) is 4.09. The highest BCUT2D eigenvalue weighted by Crippen LogP contribution is 2.44. The van der Waals surface area contributed by atoms with Gasteiger partial charge in [-0.3, -0.25) is 4.98 Å². The minimum atomic E-state index is 0.579. The van der Waals surface area contributed by atoms with Gasteiger partial charge in [0.05, 0.1) is 5.52 Å². The van der Waals surface area contributed by atoms with Crippen LogP contribution >= 0.6 is 0 Å². The summed E-state index contributed by atoms with van der Waals surface area (Å²) in [5, 5.41) is 4.79. The van der Waals surface area contributed by atoms with Crippen molar-refractivity contribution >= 4 is 10.9 Å². The number of aryl methyl sites for hydroxylation is 1. The molecule has 3 rings (SSSR count). The number of hydrogen-bond donors (Lipinski definition) is 1. The number of benzene rings is 1. The van der Waals surface area contributed by atoms with Gasteiger partial charge in [-0.1, -0.05) is 19.1 Å². The molecule has 18 heavy (non-hydrogen) atoms. The summed E-state index contributed by atoms with van der Waals surface area (Å²) in [7, 11) is 0. The summed E-state index contributed by atoms with van der Waals surface area (Å²) in [6, 6.07) is 10.8. The molecule has 0 atom stereocenters. The maximum absolute atomic E-state index is 4.53. The molecule has 2 nitrogen and oxygen atoms in total. The van der Waals surface area contributed by atoms with Crippen LogP contribution in [0.2, 0.25) is 0 Å². The third-order valence-electron chi connectivity index (χ3n) is 3.88. The van der Waals surface area contributed by atoms with Gasteiger partial charge in [0, 0.05) is 24.2 Å². The molecule has 1 aromatic carbocycles. The van der Waals surface area contributed by atoms with Crippen LogP contribution in [0.25, 0.3) is 10.9 Å². The molecule has 0 amide bonds. The van der Waals surface area contributed by atoms with Crippen LogP contribution in [0.1, 0.15) is 31.0 Å². The first-order valence-corrected chi connectivity index (χ1v) is 6.72. The number of nitrogens with zero attached hydrogens (tertiary/aromatic N) is 1. The molecule has 1 N–H and O–H groups in total. The van der Waals surface area contributed by atoms with Gasteiger partial charge in [-0.2, -0.15) is 0 Å². The Hall–Kier alpha value is -1.41. The largest absolute Gasteiger partial charge is 0.312 e. The highest BCUT2D eigenvalue weighted by molar-refractivity contribution is 5.79. The Morgan fingerprint density at radius 2 is 2.06 bits per heavy atom. The van der Waals surface area contributed by atoms with E-state index < -0.39 is 0 Å². The number of hydrogen-bond acceptors (Lipinski definition) is 2. The van der Waals surface area contributed by atoms with E-state index in [1.54, 1.807) is 0 Å². The Morgan fingerprint density at radius 3 is 2.83 bits per heavy atom. The molecule has 0 unspecified atom stereocenters. The Morgan fingerprint density at radius 1 is 1.22 bits per heavy atom. The molecule has 1 heterocycles. The zero-order valence-corrected chi connectivity index (χ0v) is 11.2. The van der Waals surface area contributed by atoms with Crippen molar-refractivity contribution in [1.29, 1.82) is 0 Å². The van der Waals surface area contributed by atoms with Gasteiger partial charge in [0.15, 0.2) is 0 Å². The number of pyridine rings is 1. The number of nitrogens with one attached hydrogen (secondary N) is 1. The lowest BCUT2D eigenvalue weighted by Crippen LogP contribution is -2.21. The van der Waals surface area contributed by atoms with Gasteiger partial charge in [-0.25, -0.2) is 0 Å². The van der Waals surface area contributed by atoms with Crippen LogP contribution in [0.4, 0.5) is 0 Å². The zero-order chi connectivity index (χ0) is 12.6. The van der Waals surface area contributed by atoms with E-state index in [0.29, 0.717) is 5.41 Å². The van der Waals surface area contributed by atoms with Crippen molar-refractivity contribution in [2.75, 3.05) is 6.54 Å². The fourth-order valence-electron chi connectivity index (χ4n) is 2.29. The molecular weight excluding hydrogens is 220 g/mol. The highest BCUT2D eigenvalue weighted by atomic mass is 14.9. The normalized spacial score (nSPS) is 17.0. The van der Waals surface area contributed by atoms with Gasteiger partial charge in [-0.05, 0) is 48.9 Å². The molecule has 0 spiro atoms. The van der Waals surface area contributed by atoms with Gasteiger partial charge in [0.1, 0.15) is 0 Å². The second-order valence-corrected chi connectivity index (χ2v) is 5.89. The predicted octanol–water partition coefficient (Wildman–Crippen LogP) is 3.43. The van der Waals surface area contributed by atoms with Gasteiger partial charge in [0.25, 0.3) is 0 Å². The van der Waals surface area contributed by atoms with Gasteiger partial charge in [0.2, 0.25) is 0 Å². The van der Waals surface area contributed by atoms with Crippen LogP contribution in [0.3, 0.4) is 0 Å². The standard InChI is InChI=1S/C16H20N2/c1-12-3-5-14-9-13(4-6-15(14)18-12)10-17-11-16(2)7-8-16/h3-6,9,17H,7-8,10-11H2,1-2H3. The second-order valence-electron chi connectivity index (χ2n) is 5.89. The molecule has 94 valence electrons. The number of rotatable bonds is 4. The fraction of sp³-hybridized carbons (Fsp3) is 0.438. The lowest BCUT2D eigenvalue weighted by molar-refractivity contribution is 0.499. The number of fused-ring (bicyclic) bond motifs is 1. The maximum Gasteiger partial charge on any atom is 0.0705 e. The molecule has 0 aliphatic heterocycles. The van der Waals surface area contributed by atoms with E-state index in [0.717, 1.165) is 24.3 Å². The van der Waals surface area contributed by atoms with Crippen molar-refractivity contribution < 1.29 is 0 Å². The Bertz CT molecular complexity index is 570. The average Bonchev–Trinajstić information content (AvgIpc) is 3.08. The molecular formula is C16H20N2. The summed E-state index contributed by atoms with van der Waals surface area (Å²) in [6.45, 7) is 6.48. The topological polar surface area (TPSA) is 24.9 Å². The fourth-order valence-corrected chi connectivity index (χ4v) is 2.29. The smallest absolute Gasteiger partial charge is 0.0705 e. The van der Waals surface area contributed by atoms with E-state index in [9.17, 15) is 0 Å². The van der Waals surface area contributed by atoms with Crippen molar-refractivity contribution in [2.24, 2.45) is 5.41 Å². The molecule has 1 aliphatic carbocycles. The minimum absolute atomic E-state index is 0.579. The monoisotopic (exact) mass is 240 g/mol. The molecule has 1 fully saturated rings. The van der Waals surface area contributed by atoms with E-state index in [2.05, 4.69) is 47.6 Å². The van der Waals surface area contributed by atoms with E-state index in [1.165, 1.54) is 23.8 Å². The van der Waals surface area contributed by atoms with Crippen molar-refractivity contribution in [3.63, 3.8) is 0 Å². The maximum atomic E-state index is 4.53. The molecule has 2 aromatic rings. The molecule has 2 heteroatoms. The van der Waals surface area contributed by atoms with Gasteiger partial charge in [-0.15, -0.1) is 0 Å². The summed E-state index contributed by atoms with van der Waals surface area (Å²) >= 11 is 0. The predicted molar refractivity (Wildman–Crippen MR) is 75.5 cm³/mol. The molecule has 0 radical (unpaired) electrons. The van der Waals surface area contributed by atoms with Crippen molar-refractivity contribution in [3.8, 4) is 0 Å². The third kappa shape index (κ3) is 2.54. The quantitative estimate of drug-likeness (QED) is 0.885. The molecule has 1 aliphatic rings. The lowest BCUT2D eigenvalue weighted by Gasteiger charge is -2.10. The zero-order valence-electron chi connectivity index (χ0n) is 11.2. The van der Waals surface area contributed by atoms with E-state index >= 15 is 0 Å². The number of aromatic nitrogens is 1. The minimum Gasteiger partial charge on any atom is -0.312 e.